The number of aliphatic hydroxyl groups is 1. The van der Waals surface area contributed by atoms with Gasteiger partial charge in [-0.1, -0.05) is 0 Å². The number of rotatable bonds is 3. The minimum Gasteiger partial charge on any atom is -0.392 e. The minimum atomic E-state index is -0.539. The maximum Gasteiger partial charge on any atom is 0.338 e. The van der Waals surface area contributed by atoms with Crippen molar-refractivity contribution in [3.63, 3.8) is 0 Å². The van der Waals surface area contributed by atoms with E-state index >= 15 is 0 Å². The lowest BCUT2D eigenvalue weighted by atomic mass is 10.4. The molecule has 0 aromatic heterocycles. The number of amides is 2. The minimum absolute atomic E-state index is 0.217. The van der Waals surface area contributed by atoms with Gasteiger partial charge >= 0.3 is 6.03 Å². The number of hydrogen-bond acceptors (Lipinski definition) is 3. The Labute approximate surface area is 59.3 Å². The van der Waals surface area contributed by atoms with E-state index in [0.29, 0.717) is 0 Å². The lowest BCUT2D eigenvalue weighted by molar-refractivity contribution is 0.104. The Morgan fingerprint density at radius 2 is 2.40 bits per heavy atom. The Hall–Kier alpha value is -0.810. The van der Waals surface area contributed by atoms with E-state index in [-0.39, 0.29) is 6.54 Å². The molecule has 5 heteroatoms. The monoisotopic (exact) mass is 148 g/mol. The van der Waals surface area contributed by atoms with Crippen LogP contribution in [0, 0.1) is 0 Å². The molecule has 5 nitrogen and oxygen atoms in total. The lowest BCUT2D eigenvalue weighted by Crippen LogP contribution is -2.38. The maximum absolute atomic E-state index is 10.5. The highest BCUT2D eigenvalue weighted by atomic mass is 16.6. The van der Waals surface area contributed by atoms with Gasteiger partial charge in [-0.15, -0.1) is 0 Å². The Balaban J connectivity index is 3.22. The Kier molecular flexibility index (Phi) is 4.61. The first-order valence-corrected chi connectivity index (χ1v) is 2.91. The third-order valence-electron chi connectivity index (χ3n) is 0.753. The first-order chi connectivity index (χ1) is 4.66. The summed E-state index contributed by atoms with van der Waals surface area (Å²) in [6.07, 6.45) is -0.539. The Morgan fingerprint density at radius 3 is 2.80 bits per heavy atom. The Bertz CT molecular complexity index is 105. The van der Waals surface area contributed by atoms with Crippen molar-refractivity contribution in [1.29, 1.82) is 0 Å². The van der Waals surface area contributed by atoms with Crippen molar-refractivity contribution in [3.05, 3.63) is 0 Å². The summed E-state index contributed by atoms with van der Waals surface area (Å²) in [6.45, 7) is 1.79. The first kappa shape index (κ1) is 9.19. The van der Waals surface area contributed by atoms with Crippen LogP contribution in [-0.4, -0.2) is 30.9 Å². The number of carbonyl (C=O) groups is 1. The molecule has 1 atom stereocenters. The lowest BCUT2D eigenvalue weighted by Gasteiger charge is -2.06. The maximum atomic E-state index is 10.5. The second-order valence-corrected chi connectivity index (χ2v) is 1.87. The van der Waals surface area contributed by atoms with Gasteiger partial charge in [-0.25, -0.2) is 10.3 Å². The molecule has 0 saturated carbocycles. The number of nitrogens with one attached hydrogen (secondary N) is 2. The fourth-order valence-corrected chi connectivity index (χ4v) is 0.369. The summed E-state index contributed by atoms with van der Waals surface area (Å²) in [5.74, 6) is 0. The van der Waals surface area contributed by atoms with Crippen LogP contribution in [-0.2, 0) is 4.84 Å². The van der Waals surface area contributed by atoms with Crippen molar-refractivity contribution in [3.8, 4) is 0 Å². The van der Waals surface area contributed by atoms with E-state index < -0.39 is 12.1 Å². The van der Waals surface area contributed by atoms with Crippen LogP contribution in [0.3, 0.4) is 0 Å². The van der Waals surface area contributed by atoms with Gasteiger partial charge in [-0.05, 0) is 6.92 Å². The molecule has 0 radical (unpaired) electrons. The molecule has 3 N–H and O–H groups in total. The average Bonchev–Trinajstić information content (AvgIpc) is 1.85. The van der Waals surface area contributed by atoms with E-state index in [1.807, 2.05) is 5.48 Å². The number of hydroxylamine groups is 1. The van der Waals surface area contributed by atoms with Gasteiger partial charge in [-0.2, -0.15) is 0 Å². The zero-order valence-corrected chi connectivity index (χ0v) is 6.05. The van der Waals surface area contributed by atoms with Crippen LogP contribution >= 0.6 is 0 Å². The molecule has 0 aromatic carbocycles. The van der Waals surface area contributed by atoms with Crippen molar-refractivity contribution in [2.75, 3.05) is 13.7 Å². The summed E-state index contributed by atoms with van der Waals surface area (Å²) in [6, 6.07) is -0.455. The highest BCUT2D eigenvalue weighted by Crippen LogP contribution is 1.73. The smallest absolute Gasteiger partial charge is 0.338 e. The molecule has 2 amide bonds. The first-order valence-electron chi connectivity index (χ1n) is 2.91. The average molecular weight is 148 g/mol. The van der Waals surface area contributed by atoms with E-state index in [0.717, 1.165) is 0 Å². The molecule has 0 aromatic rings. The van der Waals surface area contributed by atoms with E-state index in [2.05, 4.69) is 10.2 Å². The summed E-state index contributed by atoms with van der Waals surface area (Å²) < 4.78 is 0. The van der Waals surface area contributed by atoms with Gasteiger partial charge in [0, 0.05) is 6.54 Å². The standard InChI is InChI=1S/C5H12N2O3/c1-4(8)3-6-5(9)7-10-2/h4,8H,3H2,1-2H3,(H2,6,7,9)/t4-/m1/s1. The fraction of sp³-hybridized carbons (Fsp3) is 0.800. The molecule has 0 fully saturated rings. The normalized spacial score (nSPS) is 12.3. The quantitative estimate of drug-likeness (QED) is 0.460. The second-order valence-electron chi connectivity index (χ2n) is 1.87. The van der Waals surface area contributed by atoms with Crippen LogP contribution in [0.5, 0.6) is 0 Å². The summed E-state index contributed by atoms with van der Waals surface area (Å²) in [7, 11) is 1.34. The zero-order valence-electron chi connectivity index (χ0n) is 6.05. The number of hydrogen-bond donors (Lipinski definition) is 3. The van der Waals surface area contributed by atoms with Gasteiger partial charge in [0.05, 0.1) is 13.2 Å². The number of aliphatic hydroxyl groups excluding tert-OH is 1. The molecule has 0 unspecified atom stereocenters. The third-order valence-corrected chi connectivity index (χ3v) is 0.753. The highest BCUT2D eigenvalue weighted by molar-refractivity contribution is 5.72. The van der Waals surface area contributed by atoms with E-state index in [1.54, 1.807) is 6.92 Å². The molecular formula is C5H12N2O3. The van der Waals surface area contributed by atoms with Gasteiger partial charge in [0.25, 0.3) is 0 Å². The van der Waals surface area contributed by atoms with E-state index in [1.165, 1.54) is 7.11 Å². The van der Waals surface area contributed by atoms with Crippen molar-refractivity contribution < 1.29 is 14.7 Å². The molecule has 0 heterocycles. The van der Waals surface area contributed by atoms with Crippen molar-refractivity contribution >= 4 is 6.03 Å². The summed E-state index contributed by atoms with van der Waals surface area (Å²) in [5, 5.41) is 11.0. The third kappa shape index (κ3) is 5.33. The molecule has 0 rings (SSSR count). The van der Waals surface area contributed by atoms with Crippen molar-refractivity contribution in [2.45, 2.75) is 13.0 Å². The van der Waals surface area contributed by atoms with Gasteiger partial charge in [-0.3, -0.25) is 4.84 Å². The molecule has 10 heavy (non-hydrogen) atoms. The number of urea groups is 1. The molecule has 60 valence electrons. The number of carbonyl (C=O) groups excluding carboxylic acids is 1. The van der Waals surface area contributed by atoms with E-state index in [4.69, 9.17) is 5.11 Å². The van der Waals surface area contributed by atoms with Gasteiger partial charge in [0.15, 0.2) is 0 Å². The van der Waals surface area contributed by atoms with Crippen LogP contribution in [0.2, 0.25) is 0 Å². The predicted octanol–water partition coefficient (Wildman–Crippen LogP) is -0.772. The summed E-state index contributed by atoms with van der Waals surface area (Å²) in [5.41, 5.74) is 2.04. The summed E-state index contributed by atoms with van der Waals surface area (Å²) >= 11 is 0. The van der Waals surface area contributed by atoms with Crippen LogP contribution < -0.4 is 10.8 Å². The van der Waals surface area contributed by atoms with Crippen LogP contribution in [0.4, 0.5) is 4.79 Å². The van der Waals surface area contributed by atoms with Gasteiger partial charge < -0.3 is 10.4 Å². The molecular weight excluding hydrogens is 136 g/mol. The predicted molar refractivity (Wildman–Crippen MR) is 35.2 cm³/mol. The SMILES string of the molecule is CONC(=O)NC[C@@H](C)O. The topological polar surface area (TPSA) is 70.6 Å². The van der Waals surface area contributed by atoms with E-state index in [9.17, 15) is 4.79 Å². The highest BCUT2D eigenvalue weighted by Gasteiger charge is 1.99. The molecule has 0 aliphatic heterocycles. The van der Waals surface area contributed by atoms with Gasteiger partial charge in [0.2, 0.25) is 0 Å². The van der Waals surface area contributed by atoms with Crippen molar-refractivity contribution in [1.82, 2.24) is 10.8 Å². The molecule has 0 aliphatic carbocycles. The molecule has 0 spiro atoms. The molecule has 0 bridgehead atoms. The van der Waals surface area contributed by atoms with Crippen molar-refractivity contribution in [2.24, 2.45) is 0 Å². The zero-order chi connectivity index (χ0) is 7.98. The Morgan fingerprint density at radius 1 is 1.80 bits per heavy atom. The van der Waals surface area contributed by atoms with Crippen LogP contribution in [0.15, 0.2) is 0 Å². The van der Waals surface area contributed by atoms with Gasteiger partial charge in [0.1, 0.15) is 0 Å². The second kappa shape index (κ2) is 5.01. The molecule has 0 saturated heterocycles. The fourth-order valence-electron chi connectivity index (χ4n) is 0.369. The van der Waals surface area contributed by atoms with Crippen LogP contribution in [0.1, 0.15) is 6.92 Å². The molecule has 0 aliphatic rings. The largest absolute Gasteiger partial charge is 0.392 e. The van der Waals surface area contributed by atoms with Crippen LogP contribution in [0.25, 0.3) is 0 Å². The summed E-state index contributed by atoms with van der Waals surface area (Å²) in [4.78, 5) is 14.8.